The first-order chi connectivity index (χ1) is 9.72. The van der Waals surface area contributed by atoms with Crippen LogP contribution in [0.4, 0.5) is 5.82 Å². The number of furan rings is 1. The van der Waals surface area contributed by atoms with E-state index in [1.807, 2.05) is 43.3 Å². The van der Waals surface area contributed by atoms with Gasteiger partial charge in [0.1, 0.15) is 16.6 Å². The van der Waals surface area contributed by atoms with Gasteiger partial charge in [-0.15, -0.1) is 0 Å². The molecule has 0 fully saturated rings. The van der Waals surface area contributed by atoms with E-state index in [1.165, 1.54) is 11.8 Å². The number of hydrogen-bond donors (Lipinski definition) is 1. The first-order valence-electron chi connectivity index (χ1n) is 6.14. The molecule has 2 N–H and O–H groups in total. The molecule has 20 heavy (non-hydrogen) atoms. The van der Waals surface area contributed by atoms with Crippen LogP contribution in [0.5, 0.6) is 0 Å². The van der Waals surface area contributed by atoms with Crippen molar-refractivity contribution in [3.05, 3.63) is 54.5 Å². The van der Waals surface area contributed by atoms with Gasteiger partial charge in [-0.3, -0.25) is 0 Å². The van der Waals surface area contributed by atoms with Gasteiger partial charge >= 0.3 is 0 Å². The number of benzene rings is 1. The zero-order valence-corrected chi connectivity index (χ0v) is 11.7. The summed E-state index contributed by atoms with van der Waals surface area (Å²) in [6.07, 6.45) is 1.67. The van der Waals surface area contributed by atoms with Gasteiger partial charge in [-0.25, -0.2) is 9.97 Å². The molecule has 0 saturated carbocycles. The molecule has 0 aliphatic carbocycles. The highest BCUT2D eigenvalue weighted by Gasteiger charge is 2.09. The largest absolute Gasteiger partial charge is 0.468 e. The Kier molecular flexibility index (Phi) is 3.43. The lowest BCUT2D eigenvalue weighted by atomic mass is 10.2. The van der Waals surface area contributed by atoms with Crippen LogP contribution in [0.15, 0.2) is 63.1 Å². The van der Waals surface area contributed by atoms with Gasteiger partial charge in [0.25, 0.3) is 0 Å². The zero-order chi connectivity index (χ0) is 13.9. The van der Waals surface area contributed by atoms with E-state index in [0.29, 0.717) is 11.6 Å². The van der Waals surface area contributed by atoms with Crippen molar-refractivity contribution in [2.45, 2.75) is 16.8 Å². The molecule has 1 aromatic carbocycles. The molecule has 2 aromatic heterocycles. The average molecular weight is 283 g/mol. The third-order valence-corrected chi connectivity index (χ3v) is 3.84. The number of aryl methyl sites for hydroxylation is 1. The summed E-state index contributed by atoms with van der Waals surface area (Å²) in [5.74, 6) is 1.96. The van der Waals surface area contributed by atoms with E-state index in [1.54, 1.807) is 12.3 Å². The fraction of sp³-hybridized carbons (Fsp3) is 0.0667. The highest BCUT2D eigenvalue weighted by molar-refractivity contribution is 7.99. The lowest BCUT2D eigenvalue weighted by molar-refractivity contribution is 0.527. The minimum atomic E-state index is 0.461. The minimum absolute atomic E-state index is 0.461. The first-order valence-corrected chi connectivity index (χ1v) is 6.96. The minimum Gasteiger partial charge on any atom is -0.468 e. The van der Waals surface area contributed by atoms with E-state index in [4.69, 9.17) is 10.2 Å². The molecule has 0 saturated heterocycles. The fourth-order valence-electron chi connectivity index (χ4n) is 1.80. The third kappa shape index (κ3) is 2.67. The number of nitrogens with zero attached hydrogens (tertiary/aromatic N) is 2. The van der Waals surface area contributed by atoms with Gasteiger partial charge in [0, 0.05) is 11.6 Å². The number of aromatic nitrogens is 2. The summed E-state index contributed by atoms with van der Waals surface area (Å²) in [7, 11) is 0. The number of nitrogens with two attached hydrogens (primary N) is 1. The second kappa shape index (κ2) is 5.38. The van der Waals surface area contributed by atoms with Crippen LogP contribution in [0.3, 0.4) is 0 Å². The predicted molar refractivity (Wildman–Crippen MR) is 79.4 cm³/mol. The molecule has 3 aromatic rings. The highest BCUT2D eigenvalue weighted by Crippen LogP contribution is 2.31. The highest BCUT2D eigenvalue weighted by atomic mass is 32.2. The van der Waals surface area contributed by atoms with Gasteiger partial charge in [0.15, 0.2) is 5.82 Å². The SMILES string of the molecule is Cc1occc1Sc1cc(N)nc(-c2ccccc2)n1. The van der Waals surface area contributed by atoms with Crippen LogP contribution in [0.1, 0.15) is 5.76 Å². The summed E-state index contributed by atoms with van der Waals surface area (Å²) >= 11 is 1.52. The quantitative estimate of drug-likeness (QED) is 0.741. The lowest BCUT2D eigenvalue weighted by Gasteiger charge is -2.05. The number of anilines is 1. The molecular formula is C15H13N3OS. The van der Waals surface area contributed by atoms with E-state index in [2.05, 4.69) is 9.97 Å². The average Bonchev–Trinajstić information content (AvgIpc) is 2.85. The number of hydrogen-bond acceptors (Lipinski definition) is 5. The first kappa shape index (κ1) is 12.7. The van der Waals surface area contributed by atoms with Crippen LogP contribution < -0.4 is 5.73 Å². The Morgan fingerprint density at radius 1 is 1.10 bits per heavy atom. The molecule has 0 amide bonds. The van der Waals surface area contributed by atoms with Crippen molar-refractivity contribution < 1.29 is 4.42 Å². The van der Waals surface area contributed by atoms with E-state index in [0.717, 1.165) is 21.2 Å². The summed E-state index contributed by atoms with van der Waals surface area (Å²) in [5, 5.41) is 0.806. The maximum atomic E-state index is 5.88. The van der Waals surface area contributed by atoms with Crippen LogP contribution in [-0.2, 0) is 0 Å². The number of nitrogen functional groups attached to an aromatic ring is 1. The van der Waals surface area contributed by atoms with Crippen molar-refractivity contribution in [3.63, 3.8) is 0 Å². The number of rotatable bonds is 3. The molecule has 5 heteroatoms. The molecule has 0 unspecified atom stereocenters. The molecule has 4 nitrogen and oxygen atoms in total. The van der Waals surface area contributed by atoms with Crippen LogP contribution >= 0.6 is 11.8 Å². The van der Waals surface area contributed by atoms with Gasteiger partial charge in [-0.2, -0.15) is 0 Å². The van der Waals surface area contributed by atoms with Crippen LogP contribution in [-0.4, -0.2) is 9.97 Å². The summed E-state index contributed by atoms with van der Waals surface area (Å²) in [6.45, 7) is 1.92. The topological polar surface area (TPSA) is 64.9 Å². The summed E-state index contributed by atoms with van der Waals surface area (Å²) in [6, 6.07) is 13.5. The normalized spacial score (nSPS) is 10.7. The van der Waals surface area contributed by atoms with Gasteiger partial charge in [-0.1, -0.05) is 42.1 Å². The van der Waals surface area contributed by atoms with E-state index in [9.17, 15) is 0 Å². The Morgan fingerprint density at radius 3 is 2.60 bits per heavy atom. The van der Waals surface area contributed by atoms with Gasteiger partial charge < -0.3 is 10.2 Å². The summed E-state index contributed by atoms with van der Waals surface area (Å²) in [4.78, 5) is 9.87. The van der Waals surface area contributed by atoms with Gasteiger partial charge in [0.2, 0.25) is 0 Å². The molecule has 3 rings (SSSR count). The predicted octanol–water partition coefficient (Wildman–Crippen LogP) is 3.78. The Labute approximate surface area is 121 Å². The standard InChI is InChI=1S/C15H13N3OS/c1-10-12(7-8-19-10)20-14-9-13(16)17-15(18-14)11-5-3-2-4-6-11/h2-9H,1H3,(H2,16,17,18). The Morgan fingerprint density at radius 2 is 1.90 bits per heavy atom. The second-order valence-electron chi connectivity index (χ2n) is 4.26. The Bertz CT molecular complexity index is 725. The van der Waals surface area contributed by atoms with Gasteiger partial charge in [-0.05, 0) is 13.0 Å². The monoisotopic (exact) mass is 283 g/mol. The third-order valence-electron chi connectivity index (χ3n) is 2.78. The Balaban J connectivity index is 1.97. The van der Waals surface area contributed by atoms with Crippen molar-refractivity contribution >= 4 is 17.6 Å². The van der Waals surface area contributed by atoms with E-state index < -0.39 is 0 Å². The fourth-order valence-corrected chi connectivity index (χ4v) is 2.66. The molecule has 0 aliphatic heterocycles. The van der Waals surface area contributed by atoms with Crippen molar-refractivity contribution in [2.75, 3.05) is 5.73 Å². The second-order valence-corrected chi connectivity index (χ2v) is 5.33. The molecule has 0 bridgehead atoms. The maximum Gasteiger partial charge on any atom is 0.162 e. The molecule has 0 spiro atoms. The van der Waals surface area contributed by atoms with Crippen LogP contribution in [0.2, 0.25) is 0 Å². The molecule has 2 heterocycles. The Hall–Kier alpha value is -2.27. The lowest BCUT2D eigenvalue weighted by Crippen LogP contribution is -1.97. The van der Waals surface area contributed by atoms with Crippen LogP contribution in [0.25, 0.3) is 11.4 Å². The smallest absolute Gasteiger partial charge is 0.162 e. The zero-order valence-electron chi connectivity index (χ0n) is 10.9. The van der Waals surface area contributed by atoms with Crippen molar-refractivity contribution in [2.24, 2.45) is 0 Å². The molecule has 0 atom stereocenters. The van der Waals surface area contributed by atoms with Crippen molar-refractivity contribution in [1.29, 1.82) is 0 Å². The maximum absolute atomic E-state index is 5.88. The molecule has 0 radical (unpaired) electrons. The van der Waals surface area contributed by atoms with Crippen LogP contribution in [0, 0.1) is 6.92 Å². The molecular weight excluding hydrogens is 270 g/mol. The van der Waals surface area contributed by atoms with E-state index >= 15 is 0 Å². The van der Waals surface area contributed by atoms with Gasteiger partial charge in [0.05, 0.1) is 11.2 Å². The van der Waals surface area contributed by atoms with Crippen molar-refractivity contribution in [3.8, 4) is 11.4 Å². The summed E-state index contributed by atoms with van der Waals surface area (Å²) in [5.41, 5.74) is 6.83. The van der Waals surface area contributed by atoms with Crippen molar-refractivity contribution in [1.82, 2.24) is 9.97 Å². The molecule has 100 valence electrons. The van der Waals surface area contributed by atoms with E-state index in [-0.39, 0.29) is 0 Å². The molecule has 0 aliphatic rings. The summed E-state index contributed by atoms with van der Waals surface area (Å²) < 4.78 is 5.29.